The fraction of sp³-hybridized carbons (Fsp3) is 0.571. The third-order valence-corrected chi connectivity index (χ3v) is 12.8. The fourth-order valence-corrected chi connectivity index (χ4v) is 10.7. The Morgan fingerprint density at radius 3 is 1.24 bits per heavy atom. The molecule has 0 aromatic heterocycles. The Morgan fingerprint density at radius 2 is 1.03 bits per heavy atom. The van der Waals surface area contributed by atoms with Crippen LogP contribution < -0.4 is 0 Å². The molecule has 8 nitrogen and oxygen atoms in total. The third-order valence-electron chi connectivity index (χ3n) is 10.7. The first-order valence-corrected chi connectivity index (χ1v) is 15.8. The normalized spacial score (nSPS) is 34.4. The summed E-state index contributed by atoms with van der Waals surface area (Å²) in [5, 5.41) is 0. The quantitative estimate of drug-likeness (QED) is 0.465. The number of ketones is 2. The Morgan fingerprint density at radius 1 is 0.711 bits per heavy atom. The molecule has 4 saturated carbocycles. The van der Waals surface area contributed by atoms with Crippen LogP contribution in [0.5, 0.6) is 0 Å². The number of carbonyl (C=O) groups excluding carboxylic acids is 2. The molecule has 4 bridgehead atoms. The van der Waals surface area contributed by atoms with E-state index < -0.39 is 41.9 Å². The number of benzene rings is 1. The smallest absolute Gasteiger partial charge is 0.291 e. The Labute approximate surface area is 224 Å². The molecule has 0 amide bonds. The Kier molecular flexibility index (Phi) is 5.91. The van der Waals surface area contributed by atoms with Crippen molar-refractivity contribution in [2.24, 2.45) is 33.5 Å². The van der Waals surface area contributed by atoms with Gasteiger partial charge in [-0.05, 0) is 71.6 Å². The summed E-state index contributed by atoms with van der Waals surface area (Å²) in [4.78, 5) is 25.5. The van der Waals surface area contributed by atoms with E-state index in [9.17, 15) is 35.5 Å². The molecule has 2 N–H and O–H groups in total. The van der Waals surface area contributed by atoms with Crippen LogP contribution >= 0.6 is 0 Å². The van der Waals surface area contributed by atoms with Gasteiger partial charge in [-0.3, -0.25) is 18.7 Å². The van der Waals surface area contributed by atoms with Crippen LogP contribution in [0.3, 0.4) is 0 Å². The number of carbonyl (C=O) groups is 2. The zero-order valence-electron chi connectivity index (χ0n) is 22.0. The summed E-state index contributed by atoms with van der Waals surface area (Å²) in [7, 11) is -9.40. The van der Waals surface area contributed by atoms with Gasteiger partial charge < -0.3 is 0 Å². The number of hydrogen-bond acceptors (Lipinski definition) is 6. The lowest BCUT2D eigenvalue weighted by atomic mass is 9.68. The van der Waals surface area contributed by atoms with Crippen molar-refractivity contribution in [3.05, 3.63) is 45.2 Å². The molecule has 0 heterocycles. The molecular weight excluding hydrogens is 528 g/mol. The van der Waals surface area contributed by atoms with E-state index >= 15 is 0 Å². The topological polar surface area (TPSA) is 143 Å². The highest BCUT2D eigenvalue weighted by molar-refractivity contribution is 7.90. The van der Waals surface area contributed by atoms with E-state index in [1.54, 1.807) is 24.3 Å². The predicted molar refractivity (Wildman–Crippen MR) is 143 cm³/mol. The summed E-state index contributed by atoms with van der Waals surface area (Å²) in [5.41, 5.74) is -3.03. The molecule has 0 spiro atoms. The number of hydrogen-bond donors (Lipinski definition) is 2. The minimum atomic E-state index is -4.70. The van der Waals surface area contributed by atoms with Crippen LogP contribution in [0, 0.1) is 33.5 Å². The molecule has 1 aromatic carbocycles. The van der Waals surface area contributed by atoms with Crippen LogP contribution in [-0.4, -0.2) is 37.5 Å². The highest BCUT2D eigenvalue weighted by Crippen LogP contribution is 2.69. The summed E-state index contributed by atoms with van der Waals surface area (Å²) >= 11 is 0. The summed E-state index contributed by atoms with van der Waals surface area (Å²) in [6.45, 7) is 7.49. The average molecular weight is 563 g/mol. The molecule has 4 aliphatic rings. The van der Waals surface area contributed by atoms with Crippen LogP contribution in [0.4, 0.5) is 0 Å². The van der Waals surface area contributed by atoms with Crippen molar-refractivity contribution >= 4 is 44.0 Å². The van der Waals surface area contributed by atoms with Gasteiger partial charge >= 0.3 is 0 Å². The van der Waals surface area contributed by atoms with Gasteiger partial charge in [-0.1, -0.05) is 52.0 Å². The van der Waals surface area contributed by atoms with E-state index in [4.69, 9.17) is 0 Å². The second kappa shape index (κ2) is 8.19. The summed E-state index contributed by atoms with van der Waals surface area (Å²) in [6, 6.07) is 6.24. The second-order valence-corrected chi connectivity index (χ2v) is 15.4. The number of fused-ring (bicyclic) bond motifs is 4. The lowest BCUT2D eigenvalue weighted by Crippen LogP contribution is -2.40. The van der Waals surface area contributed by atoms with E-state index in [2.05, 4.69) is 0 Å². The Hall–Kier alpha value is -2.14. The first-order chi connectivity index (χ1) is 17.4. The van der Waals surface area contributed by atoms with E-state index in [-0.39, 0.29) is 46.1 Å². The maximum absolute atomic E-state index is 13.1. The highest BCUT2D eigenvalue weighted by atomic mass is 32.2. The van der Waals surface area contributed by atoms with Gasteiger partial charge in [0.05, 0.1) is 20.6 Å². The highest BCUT2D eigenvalue weighted by Gasteiger charge is 2.68. The number of allylic oxidation sites excluding steroid dienone is 2. The molecule has 0 aliphatic heterocycles. The fourth-order valence-electron chi connectivity index (χ4n) is 8.34. The lowest BCUT2D eigenvalue weighted by molar-refractivity contribution is -0.127. The third kappa shape index (κ3) is 3.52. The molecule has 5 rings (SSSR count). The molecule has 206 valence electrons. The molecule has 4 atom stereocenters. The van der Waals surface area contributed by atoms with Crippen LogP contribution in [0.1, 0.15) is 77.3 Å². The maximum Gasteiger partial charge on any atom is 0.291 e. The van der Waals surface area contributed by atoms with E-state index in [1.807, 2.05) is 27.7 Å². The van der Waals surface area contributed by atoms with Gasteiger partial charge in [-0.15, -0.1) is 0 Å². The first kappa shape index (κ1) is 27.4. The van der Waals surface area contributed by atoms with Crippen LogP contribution in [0.15, 0.2) is 34.1 Å². The molecular formula is C28H34O8S2. The molecule has 4 aliphatic carbocycles. The van der Waals surface area contributed by atoms with Crippen molar-refractivity contribution in [1.29, 1.82) is 0 Å². The summed E-state index contributed by atoms with van der Waals surface area (Å²) < 4.78 is 70.7. The van der Waals surface area contributed by atoms with E-state index in [0.717, 1.165) is 0 Å². The molecule has 10 heteroatoms. The van der Waals surface area contributed by atoms with Crippen LogP contribution in [0.2, 0.25) is 0 Å². The van der Waals surface area contributed by atoms with Gasteiger partial charge in [0.1, 0.15) is 11.6 Å². The molecule has 38 heavy (non-hydrogen) atoms. The average Bonchev–Trinajstić information content (AvgIpc) is 3.34. The molecule has 0 unspecified atom stereocenters. The lowest BCUT2D eigenvalue weighted by Gasteiger charge is -2.37. The monoisotopic (exact) mass is 562 g/mol. The van der Waals surface area contributed by atoms with Crippen LogP contribution in [0.25, 0.3) is 12.2 Å². The zero-order chi connectivity index (χ0) is 28.1. The summed E-state index contributed by atoms with van der Waals surface area (Å²) in [6.07, 6.45) is 5.30. The van der Waals surface area contributed by atoms with Crippen molar-refractivity contribution in [3.8, 4) is 0 Å². The molecule has 1 aromatic rings. The van der Waals surface area contributed by atoms with Gasteiger partial charge in [-0.25, -0.2) is 0 Å². The van der Waals surface area contributed by atoms with Gasteiger partial charge in [0.15, 0.2) is 0 Å². The predicted octanol–water partition coefficient (Wildman–Crippen LogP) is 4.93. The summed E-state index contributed by atoms with van der Waals surface area (Å²) in [5.74, 6) is -0.275. The second-order valence-electron chi connectivity index (χ2n) is 12.6. The molecule has 0 saturated heterocycles. The van der Waals surface area contributed by atoms with Crippen molar-refractivity contribution in [2.45, 2.75) is 66.2 Å². The van der Waals surface area contributed by atoms with Crippen molar-refractivity contribution < 1.29 is 35.5 Å². The standard InChI is InChI=1S/C28H34O8S2/c1-25(2)19-9-11-27(25,21(29)15-19)23(37(31,32)33)13-17-5-7-18(8-6-17)14-24(38(34,35)36)28-12-10-20(16-22(28)30)26(28,3)4/h5-8,13-14,19-20H,9-12,15-16H2,1-4H3,(H,31,32,33)(H,34,35,36)/b23-13-,24-14-/t19-,20-,27+,28+/m1/s1. The van der Waals surface area contributed by atoms with E-state index in [1.165, 1.54) is 12.2 Å². The van der Waals surface area contributed by atoms with Crippen molar-refractivity contribution in [3.63, 3.8) is 0 Å². The van der Waals surface area contributed by atoms with Gasteiger partial charge in [0, 0.05) is 12.8 Å². The zero-order valence-corrected chi connectivity index (χ0v) is 23.7. The van der Waals surface area contributed by atoms with Crippen LogP contribution in [-0.2, 0) is 29.8 Å². The van der Waals surface area contributed by atoms with Gasteiger partial charge in [-0.2, -0.15) is 16.8 Å². The van der Waals surface area contributed by atoms with Gasteiger partial charge in [0.25, 0.3) is 20.2 Å². The van der Waals surface area contributed by atoms with Crippen molar-refractivity contribution in [2.75, 3.05) is 0 Å². The van der Waals surface area contributed by atoms with E-state index in [0.29, 0.717) is 36.8 Å². The molecule has 4 fully saturated rings. The Bertz CT molecular complexity index is 1400. The maximum atomic E-state index is 13.1. The van der Waals surface area contributed by atoms with Gasteiger partial charge in [0.2, 0.25) is 0 Å². The van der Waals surface area contributed by atoms with Crippen molar-refractivity contribution in [1.82, 2.24) is 0 Å². The number of rotatable bonds is 6. The SMILES string of the molecule is CC1(C)[C@@H]2CC[C@@]1(/C(=C/c1ccc(/C=C(/[C@]34CC[C@H](CC3=O)C4(C)C)S(=O)(=O)O)cc1)S(=O)(=O)O)C(=O)C2. The largest absolute Gasteiger partial charge is 0.299 e. The first-order valence-electron chi connectivity index (χ1n) is 12.9. The number of Topliss-reactive ketones (excluding diaryl/α,β-unsaturated/α-hetero) is 2. The molecule has 0 radical (unpaired) electrons. The minimum absolute atomic E-state index is 0.0450. The Balaban J connectivity index is 1.58. The minimum Gasteiger partial charge on any atom is -0.299 e.